The fourth-order valence-corrected chi connectivity index (χ4v) is 1.21. The molecule has 3 N–H and O–H groups in total. The minimum Gasteiger partial charge on any atom is -0.494 e. The van der Waals surface area contributed by atoms with Crippen molar-refractivity contribution in [1.82, 2.24) is 14.9 Å². The van der Waals surface area contributed by atoms with Crippen molar-refractivity contribution in [3.8, 4) is 5.88 Å². The van der Waals surface area contributed by atoms with Gasteiger partial charge in [0.05, 0.1) is 5.56 Å². The summed E-state index contributed by atoms with van der Waals surface area (Å²) in [5, 5.41) is 12.0. The molecule has 0 atom stereocenters. The van der Waals surface area contributed by atoms with Gasteiger partial charge in [-0.25, -0.2) is 4.79 Å². The molecule has 1 aromatic rings. The van der Waals surface area contributed by atoms with E-state index in [1.54, 1.807) is 0 Å². The summed E-state index contributed by atoms with van der Waals surface area (Å²) in [4.78, 5) is 35.1. The normalized spacial score (nSPS) is 10.1. The number of rotatable bonds is 3. The van der Waals surface area contributed by atoms with Crippen molar-refractivity contribution in [2.24, 2.45) is 0 Å². The Kier molecular flexibility index (Phi) is 3.49. The molecule has 0 fully saturated rings. The minimum absolute atomic E-state index is 0.0717. The predicted octanol–water partition coefficient (Wildman–Crippen LogP) is -1.31. The molecule has 88 valence electrons. The number of carbonyl (C=O) groups excluding carboxylic acids is 1. The van der Waals surface area contributed by atoms with E-state index in [4.69, 9.17) is 0 Å². The van der Waals surface area contributed by atoms with E-state index in [1.165, 1.54) is 13.8 Å². The number of nitrogens with zero attached hydrogens (tertiary/aromatic N) is 1. The Balaban J connectivity index is 2.97. The number of aromatic amines is 1. The third-order valence-electron chi connectivity index (χ3n) is 2.11. The van der Waals surface area contributed by atoms with Gasteiger partial charge >= 0.3 is 5.69 Å². The van der Waals surface area contributed by atoms with Gasteiger partial charge in [-0.3, -0.25) is 19.1 Å². The van der Waals surface area contributed by atoms with E-state index in [2.05, 4.69) is 10.3 Å². The fraction of sp³-hybridized carbons (Fsp3) is 0.444. The number of nitrogens with one attached hydrogen (secondary N) is 2. The molecular weight excluding hydrogens is 214 g/mol. The standard InChI is InChI=1S/C9H13N3O4/c1-5-7(14)11-9(16)12(8(5)15)4-3-10-6(2)13/h15H,3-4H2,1-2H3,(H,10,13)(H,11,14,16). The van der Waals surface area contributed by atoms with Gasteiger partial charge in [0.25, 0.3) is 5.56 Å². The number of amides is 1. The van der Waals surface area contributed by atoms with Crippen LogP contribution in [0, 0.1) is 6.92 Å². The maximum absolute atomic E-state index is 11.3. The van der Waals surface area contributed by atoms with Crippen LogP contribution in [0.3, 0.4) is 0 Å². The highest BCUT2D eigenvalue weighted by atomic mass is 16.3. The lowest BCUT2D eigenvalue weighted by atomic mass is 10.3. The highest BCUT2D eigenvalue weighted by molar-refractivity contribution is 5.72. The Bertz CT molecular complexity index is 514. The van der Waals surface area contributed by atoms with Gasteiger partial charge < -0.3 is 10.4 Å². The van der Waals surface area contributed by atoms with Gasteiger partial charge in [-0.05, 0) is 6.92 Å². The second-order valence-corrected chi connectivity index (χ2v) is 3.34. The van der Waals surface area contributed by atoms with E-state index < -0.39 is 11.2 Å². The molecule has 0 saturated heterocycles. The van der Waals surface area contributed by atoms with Gasteiger partial charge in [-0.1, -0.05) is 0 Å². The molecule has 0 radical (unpaired) electrons. The van der Waals surface area contributed by atoms with Crippen LogP contribution in [0.2, 0.25) is 0 Å². The number of carbonyl (C=O) groups is 1. The van der Waals surface area contributed by atoms with Crippen LogP contribution in [-0.2, 0) is 11.3 Å². The molecule has 0 unspecified atom stereocenters. The van der Waals surface area contributed by atoms with Gasteiger partial charge in [-0.2, -0.15) is 0 Å². The lowest BCUT2D eigenvalue weighted by molar-refractivity contribution is -0.118. The largest absolute Gasteiger partial charge is 0.494 e. The highest BCUT2D eigenvalue weighted by Crippen LogP contribution is 2.06. The summed E-state index contributed by atoms with van der Waals surface area (Å²) in [6, 6.07) is 0. The third-order valence-corrected chi connectivity index (χ3v) is 2.11. The average molecular weight is 227 g/mol. The van der Waals surface area contributed by atoms with Crippen LogP contribution in [0.25, 0.3) is 0 Å². The summed E-state index contributed by atoms with van der Waals surface area (Å²) < 4.78 is 0.993. The first-order valence-electron chi connectivity index (χ1n) is 4.70. The smallest absolute Gasteiger partial charge is 0.331 e. The molecule has 1 amide bonds. The Labute approximate surface area is 90.7 Å². The van der Waals surface area contributed by atoms with Crippen molar-refractivity contribution in [3.63, 3.8) is 0 Å². The molecule has 0 aliphatic rings. The Morgan fingerprint density at radius 2 is 2.12 bits per heavy atom. The first-order chi connectivity index (χ1) is 7.43. The zero-order chi connectivity index (χ0) is 12.3. The van der Waals surface area contributed by atoms with Gasteiger partial charge in [0.1, 0.15) is 0 Å². The van der Waals surface area contributed by atoms with E-state index in [0.717, 1.165) is 4.57 Å². The van der Waals surface area contributed by atoms with Crippen LogP contribution in [-0.4, -0.2) is 27.1 Å². The predicted molar refractivity (Wildman–Crippen MR) is 56.4 cm³/mol. The molecular formula is C9H13N3O4. The Morgan fingerprint density at radius 1 is 1.50 bits per heavy atom. The highest BCUT2D eigenvalue weighted by Gasteiger charge is 2.09. The molecule has 0 aliphatic heterocycles. The van der Waals surface area contributed by atoms with Crippen LogP contribution >= 0.6 is 0 Å². The van der Waals surface area contributed by atoms with Crippen LogP contribution in [0.5, 0.6) is 5.88 Å². The van der Waals surface area contributed by atoms with E-state index in [0.29, 0.717) is 0 Å². The van der Waals surface area contributed by atoms with E-state index in [1.807, 2.05) is 0 Å². The maximum atomic E-state index is 11.3. The molecule has 0 bridgehead atoms. The lowest BCUT2D eigenvalue weighted by Gasteiger charge is -2.09. The molecule has 7 nitrogen and oxygen atoms in total. The monoisotopic (exact) mass is 227 g/mol. The Morgan fingerprint density at radius 3 is 2.69 bits per heavy atom. The van der Waals surface area contributed by atoms with E-state index >= 15 is 0 Å². The van der Waals surface area contributed by atoms with Gasteiger partial charge in [0.15, 0.2) is 0 Å². The van der Waals surface area contributed by atoms with Crippen LogP contribution < -0.4 is 16.6 Å². The zero-order valence-electron chi connectivity index (χ0n) is 9.03. The fourth-order valence-electron chi connectivity index (χ4n) is 1.21. The van der Waals surface area contributed by atoms with Crippen molar-refractivity contribution in [2.75, 3.05) is 6.54 Å². The first kappa shape index (κ1) is 12.0. The van der Waals surface area contributed by atoms with Crippen molar-refractivity contribution in [2.45, 2.75) is 20.4 Å². The van der Waals surface area contributed by atoms with E-state index in [9.17, 15) is 19.5 Å². The van der Waals surface area contributed by atoms with Crippen LogP contribution in [0.15, 0.2) is 9.59 Å². The van der Waals surface area contributed by atoms with Crippen molar-refractivity contribution in [1.29, 1.82) is 0 Å². The topological polar surface area (TPSA) is 104 Å². The zero-order valence-corrected chi connectivity index (χ0v) is 9.03. The summed E-state index contributed by atoms with van der Waals surface area (Å²) in [5.41, 5.74) is -1.24. The summed E-state index contributed by atoms with van der Waals surface area (Å²) in [5.74, 6) is -0.604. The number of hydrogen-bond donors (Lipinski definition) is 3. The van der Waals surface area contributed by atoms with E-state index in [-0.39, 0.29) is 30.4 Å². The summed E-state index contributed by atoms with van der Waals surface area (Å²) in [7, 11) is 0. The summed E-state index contributed by atoms with van der Waals surface area (Å²) in [6.07, 6.45) is 0. The average Bonchev–Trinajstić information content (AvgIpc) is 2.19. The second-order valence-electron chi connectivity index (χ2n) is 3.34. The van der Waals surface area contributed by atoms with Crippen molar-refractivity contribution < 1.29 is 9.90 Å². The minimum atomic E-state index is -0.696. The quantitative estimate of drug-likeness (QED) is 0.596. The molecule has 16 heavy (non-hydrogen) atoms. The maximum Gasteiger partial charge on any atom is 0.331 e. The first-order valence-corrected chi connectivity index (χ1v) is 4.70. The molecule has 0 aliphatic carbocycles. The summed E-state index contributed by atoms with van der Waals surface area (Å²) >= 11 is 0. The Hall–Kier alpha value is -2.05. The number of hydrogen-bond acceptors (Lipinski definition) is 4. The van der Waals surface area contributed by atoms with Crippen molar-refractivity contribution >= 4 is 5.91 Å². The summed E-state index contributed by atoms with van der Waals surface area (Å²) in [6.45, 7) is 3.05. The third kappa shape index (κ3) is 2.50. The molecule has 0 saturated carbocycles. The molecule has 1 aromatic heterocycles. The van der Waals surface area contributed by atoms with Crippen LogP contribution in [0.1, 0.15) is 12.5 Å². The molecule has 1 heterocycles. The van der Waals surface area contributed by atoms with Crippen molar-refractivity contribution in [3.05, 3.63) is 26.4 Å². The number of aromatic hydroxyl groups is 1. The molecule has 7 heteroatoms. The SMILES string of the molecule is CC(=O)NCCn1c(O)c(C)c(=O)[nH]c1=O. The van der Waals surface area contributed by atoms with Gasteiger partial charge in [0, 0.05) is 20.0 Å². The number of aromatic nitrogens is 2. The molecule has 0 spiro atoms. The number of H-pyrrole nitrogens is 1. The van der Waals surface area contributed by atoms with Gasteiger partial charge in [-0.15, -0.1) is 0 Å². The molecule has 0 aromatic carbocycles. The molecule has 1 rings (SSSR count). The van der Waals surface area contributed by atoms with Gasteiger partial charge in [0.2, 0.25) is 11.8 Å². The van der Waals surface area contributed by atoms with Crippen LogP contribution in [0.4, 0.5) is 0 Å². The second kappa shape index (κ2) is 4.65. The lowest BCUT2D eigenvalue weighted by Crippen LogP contribution is -2.34.